The highest BCUT2D eigenvalue weighted by atomic mass is 16.2. The zero-order valence-corrected chi connectivity index (χ0v) is 15.4. The molecule has 3 rings (SSSR count). The van der Waals surface area contributed by atoms with Crippen molar-refractivity contribution in [2.75, 3.05) is 13.1 Å². The molecule has 1 amide bonds. The number of hydrogen-bond donors (Lipinski definition) is 1. The summed E-state index contributed by atoms with van der Waals surface area (Å²) in [5.74, 6) is 0.106. The van der Waals surface area contributed by atoms with Gasteiger partial charge in [0.05, 0.1) is 11.4 Å². The molecule has 0 fully saturated rings. The summed E-state index contributed by atoms with van der Waals surface area (Å²) in [6.07, 6.45) is 1.94. The molecule has 0 unspecified atom stereocenters. The minimum atomic E-state index is 0.106. The van der Waals surface area contributed by atoms with E-state index in [-0.39, 0.29) is 5.91 Å². The van der Waals surface area contributed by atoms with Crippen LogP contribution in [0.3, 0.4) is 0 Å². The van der Waals surface area contributed by atoms with Gasteiger partial charge in [0.25, 0.3) is 5.91 Å². The maximum atomic E-state index is 12.7. The van der Waals surface area contributed by atoms with Gasteiger partial charge in [-0.05, 0) is 36.6 Å². The molecule has 0 spiro atoms. The average Bonchev–Trinajstić information content (AvgIpc) is 3.18. The number of hydrogen-bond acceptors (Lipinski definition) is 2. The van der Waals surface area contributed by atoms with Gasteiger partial charge in [-0.15, -0.1) is 0 Å². The van der Waals surface area contributed by atoms with Gasteiger partial charge in [0, 0.05) is 24.2 Å². The molecule has 0 atom stereocenters. The number of aromatic nitrogens is 2. The highest BCUT2D eigenvalue weighted by Gasteiger charge is 2.14. The molecule has 0 radical (unpaired) electrons. The number of carbonyl (C=O) groups is 1. The van der Waals surface area contributed by atoms with E-state index < -0.39 is 0 Å². The van der Waals surface area contributed by atoms with Crippen LogP contribution >= 0.6 is 0 Å². The Labute approximate surface area is 154 Å². The molecule has 134 valence electrons. The highest BCUT2D eigenvalue weighted by molar-refractivity contribution is 5.94. The number of carbonyl (C=O) groups excluding carboxylic acids is 1. The Balaban J connectivity index is 1.77. The van der Waals surface area contributed by atoms with Gasteiger partial charge in [-0.25, -0.2) is 0 Å². The summed E-state index contributed by atoms with van der Waals surface area (Å²) in [6, 6.07) is 19.9. The van der Waals surface area contributed by atoms with E-state index in [0.717, 1.165) is 54.0 Å². The second kappa shape index (κ2) is 8.48. The molecule has 4 heteroatoms. The first-order valence-corrected chi connectivity index (χ1v) is 9.23. The summed E-state index contributed by atoms with van der Waals surface area (Å²) >= 11 is 0. The van der Waals surface area contributed by atoms with Gasteiger partial charge in [0.2, 0.25) is 0 Å². The molecule has 0 aliphatic carbocycles. The summed E-state index contributed by atoms with van der Waals surface area (Å²) in [5.41, 5.74) is 4.70. The molecule has 0 aliphatic rings. The van der Waals surface area contributed by atoms with Crippen LogP contribution in [0.15, 0.2) is 60.7 Å². The van der Waals surface area contributed by atoms with Crippen LogP contribution in [0.25, 0.3) is 22.5 Å². The summed E-state index contributed by atoms with van der Waals surface area (Å²) in [6.45, 7) is 5.80. The monoisotopic (exact) mass is 347 g/mol. The molecule has 2 aromatic carbocycles. The Morgan fingerprint density at radius 3 is 2.19 bits per heavy atom. The molecule has 4 nitrogen and oxygen atoms in total. The number of rotatable bonds is 7. The van der Waals surface area contributed by atoms with Gasteiger partial charge < -0.3 is 4.90 Å². The van der Waals surface area contributed by atoms with E-state index in [1.54, 1.807) is 0 Å². The van der Waals surface area contributed by atoms with Gasteiger partial charge in [-0.3, -0.25) is 9.89 Å². The number of benzene rings is 2. The lowest BCUT2D eigenvalue weighted by Gasteiger charge is -2.21. The molecule has 0 saturated heterocycles. The van der Waals surface area contributed by atoms with Crippen molar-refractivity contribution in [3.05, 3.63) is 66.2 Å². The molecule has 3 aromatic rings. The Hall–Kier alpha value is -2.88. The van der Waals surface area contributed by atoms with Crippen LogP contribution in [-0.2, 0) is 0 Å². The third kappa shape index (κ3) is 4.02. The molecule has 0 aliphatic heterocycles. The first-order valence-electron chi connectivity index (χ1n) is 9.23. The van der Waals surface area contributed by atoms with Crippen molar-refractivity contribution in [2.24, 2.45) is 0 Å². The van der Waals surface area contributed by atoms with Crippen LogP contribution in [0, 0.1) is 0 Å². The smallest absolute Gasteiger partial charge is 0.253 e. The van der Waals surface area contributed by atoms with Crippen molar-refractivity contribution in [3.8, 4) is 22.5 Å². The lowest BCUT2D eigenvalue weighted by molar-refractivity contribution is 0.0755. The molecule has 0 bridgehead atoms. The third-order valence-corrected chi connectivity index (χ3v) is 4.36. The van der Waals surface area contributed by atoms with E-state index >= 15 is 0 Å². The SMILES string of the molecule is CCCN(CCC)C(=O)c1ccc(-c2cc(-c3ccccc3)n[nH]2)cc1. The highest BCUT2D eigenvalue weighted by Crippen LogP contribution is 2.24. The van der Waals surface area contributed by atoms with E-state index in [1.165, 1.54) is 0 Å². The maximum Gasteiger partial charge on any atom is 0.253 e. The normalized spacial score (nSPS) is 10.7. The van der Waals surface area contributed by atoms with Crippen LogP contribution in [0.5, 0.6) is 0 Å². The Kier molecular flexibility index (Phi) is 5.84. The van der Waals surface area contributed by atoms with Crippen molar-refractivity contribution < 1.29 is 4.79 Å². The van der Waals surface area contributed by atoms with E-state index in [0.29, 0.717) is 0 Å². The largest absolute Gasteiger partial charge is 0.339 e. The average molecular weight is 347 g/mol. The lowest BCUT2D eigenvalue weighted by atomic mass is 10.1. The van der Waals surface area contributed by atoms with Crippen molar-refractivity contribution in [2.45, 2.75) is 26.7 Å². The lowest BCUT2D eigenvalue weighted by Crippen LogP contribution is -2.32. The van der Waals surface area contributed by atoms with Crippen molar-refractivity contribution in [3.63, 3.8) is 0 Å². The molecular formula is C22H25N3O. The third-order valence-electron chi connectivity index (χ3n) is 4.36. The number of nitrogens with zero attached hydrogens (tertiary/aromatic N) is 2. The minimum Gasteiger partial charge on any atom is -0.339 e. The summed E-state index contributed by atoms with van der Waals surface area (Å²) in [7, 11) is 0. The van der Waals surface area contributed by atoms with Crippen molar-refractivity contribution in [1.82, 2.24) is 15.1 Å². The summed E-state index contributed by atoms with van der Waals surface area (Å²) in [4.78, 5) is 14.6. The summed E-state index contributed by atoms with van der Waals surface area (Å²) in [5, 5.41) is 7.48. The molecule has 0 saturated carbocycles. The number of aromatic amines is 1. The Morgan fingerprint density at radius 1 is 0.923 bits per heavy atom. The van der Waals surface area contributed by atoms with Crippen molar-refractivity contribution in [1.29, 1.82) is 0 Å². The van der Waals surface area contributed by atoms with Crippen LogP contribution in [0.4, 0.5) is 0 Å². The molecular weight excluding hydrogens is 322 g/mol. The van der Waals surface area contributed by atoms with Gasteiger partial charge in [-0.2, -0.15) is 5.10 Å². The molecule has 1 N–H and O–H groups in total. The number of nitrogens with one attached hydrogen (secondary N) is 1. The molecule has 26 heavy (non-hydrogen) atoms. The van der Waals surface area contributed by atoms with E-state index in [9.17, 15) is 4.79 Å². The van der Waals surface area contributed by atoms with Gasteiger partial charge in [0.1, 0.15) is 0 Å². The van der Waals surface area contributed by atoms with Crippen LogP contribution in [0.1, 0.15) is 37.0 Å². The van der Waals surface area contributed by atoms with Gasteiger partial charge in [-0.1, -0.05) is 56.3 Å². The second-order valence-corrected chi connectivity index (χ2v) is 6.40. The zero-order valence-electron chi connectivity index (χ0n) is 15.4. The predicted octanol–water partition coefficient (Wildman–Crippen LogP) is 5.01. The maximum absolute atomic E-state index is 12.7. The fourth-order valence-electron chi connectivity index (χ4n) is 3.06. The van der Waals surface area contributed by atoms with Gasteiger partial charge >= 0.3 is 0 Å². The first-order chi connectivity index (χ1) is 12.7. The van der Waals surface area contributed by atoms with Crippen LogP contribution in [-0.4, -0.2) is 34.1 Å². The minimum absolute atomic E-state index is 0.106. The molecule has 1 aromatic heterocycles. The first kappa shape index (κ1) is 17.9. The van der Waals surface area contributed by atoms with Crippen molar-refractivity contribution >= 4 is 5.91 Å². The fourth-order valence-corrected chi connectivity index (χ4v) is 3.06. The quantitative estimate of drug-likeness (QED) is 0.653. The predicted molar refractivity (Wildman–Crippen MR) is 106 cm³/mol. The van der Waals surface area contributed by atoms with Crippen LogP contribution < -0.4 is 0 Å². The fraction of sp³-hybridized carbons (Fsp3) is 0.273. The van der Waals surface area contributed by atoms with E-state index in [1.807, 2.05) is 65.6 Å². The number of amides is 1. The number of H-pyrrole nitrogens is 1. The molecule has 1 heterocycles. The Morgan fingerprint density at radius 2 is 1.58 bits per heavy atom. The van der Waals surface area contributed by atoms with E-state index in [4.69, 9.17) is 0 Å². The standard InChI is InChI=1S/C22H25N3O/c1-3-14-25(15-4-2)22(26)19-12-10-18(11-13-19)21-16-20(23-24-21)17-8-6-5-7-9-17/h5-13,16H,3-4,14-15H2,1-2H3,(H,23,24). The topological polar surface area (TPSA) is 49.0 Å². The summed E-state index contributed by atoms with van der Waals surface area (Å²) < 4.78 is 0. The van der Waals surface area contributed by atoms with Gasteiger partial charge in [0.15, 0.2) is 0 Å². The zero-order chi connectivity index (χ0) is 18.4. The Bertz CT molecular complexity index is 831. The van der Waals surface area contributed by atoms with E-state index in [2.05, 4.69) is 24.0 Å². The van der Waals surface area contributed by atoms with Crippen LogP contribution in [0.2, 0.25) is 0 Å². The second-order valence-electron chi connectivity index (χ2n) is 6.40.